The van der Waals surface area contributed by atoms with E-state index in [1.807, 2.05) is 30.5 Å². The molecule has 3 rings (SSSR count). The topological polar surface area (TPSA) is 48.1 Å². The number of H-pyrrole nitrogens is 1. The minimum Gasteiger partial charge on any atom is -0.361 e. The second kappa shape index (κ2) is 4.46. The number of aromatic amines is 1. The normalized spacial score (nSPS) is 20.4. The predicted molar refractivity (Wildman–Crippen MR) is 71.7 cm³/mol. The van der Waals surface area contributed by atoms with Gasteiger partial charge in [0.25, 0.3) is 5.91 Å². The lowest BCUT2D eigenvalue weighted by Gasteiger charge is -2.12. The number of amides is 1. The largest absolute Gasteiger partial charge is 0.361 e. The highest BCUT2D eigenvalue weighted by atomic mass is 16.1. The number of fused-ring (bicyclic) bond motifs is 1. The Morgan fingerprint density at radius 1 is 1.44 bits per heavy atom. The van der Waals surface area contributed by atoms with Gasteiger partial charge >= 0.3 is 0 Å². The van der Waals surface area contributed by atoms with Gasteiger partial charge in [0.1, 0.15) is 0 Å². The zero-order valence-electron chi connectivity index (χ0n) is 10.4. The molecule has 0 aliphatic carbocycles. The van der Waals surface area contributed by atoms with E-state index >= 15 is 0 Å². The van der Waals surface area contributed by atoms with Gasteiger partial charge in [0.2, 0.25) is 0 Å². The van der Waals surface area contributed by atoms with E-state index in [4.69, 9.17) is 0 Å². The average molecular weight is 243 g/mol. The summed E-state index contributed by atoms with van der Waals surface area (Å²) in [6, 6.07) is 8.01. The van der Waals surface area contributed by atoms with Gasteiger partial charge in [-0.3, -0.25) is 4.79 Å². The second-order valence-corrected chi connectivity index (χ2v) is 5.00. The van der Waals surface area contributed by atoms with Crippen LogP contribution in [0.4, 0.5) is 0 Å². The summed E-state index contributed by atoms with van der Waals surface area (Å²) in [6.45, 7) is 2.00. The van der Waals surface area contributed by atoms with Crippen molar-refractivity contribution in [2.24, 2.45) is 0 Å². The van der Waals surface area contributed by atoms with Gasteiger partial charge in [0, 0.05) is 35.2 Å². The number of nitrogens with one attached hydrogen (secondary N) is 2. The van der Waals surface area contributed by atoms with E-state index in [0.29, 0.717) is 0 Å². The Balaban J connectivity index is 1.75. The molecule has 1 saturated heterocycles. The van der Waals surface area contributed by atoms with Crippen LogP contribution in [0.1, 0.15) is 16.8 Å². The fraction of sp³-hybridized carbons (Fsp3) is 0.357. The quantitative estimate of drug-likeness (QED) is 0.841. The summed E-state index contributed by atoms with van der Waals surface area (Å²) in [7, 11) is 2.08. The number of carbonyl (C=O) groups is 1. The van der Waals surface area contributed by atoms with Gasteiger partial charge in [-0.2, -0.15) is 0 Å². The summed E-state index contributed by atoms with van der Waals surface area (Å²) in [5.41, 5.74) is 1.80. The van der Waals surface area contributed by atoms with Crippen molar-refractivity contribution < 1.29 is 4.79 Å². The molecule has 2 N–H and O–H groups in total. The van der Waals surface area contributed by atoms with Gasteiger partial charge in [-0.1, -0.05) is 0 Å². The lowest BCUT2D eigenvalue weighted by atomic mass is 10.1. The van der Waals surface area contributed by atoms with Crippen LogP contribution < -0.4 is 5.32 Å². The van der Waals surface area contributed by atoms with E-state index in [9.17, 15) is 4.79 Å². The van der Waals surface area contributed by atoms with Crippen LogP contribution in [0.5, 0.6) is 0 Å². The van der Waals surface area contributed by atoms with Crippen molar-refractivity contribution in [3.63, 3.8) is 0 Å². The van der Waals surface area contributed by atoms with Crippen molar-refractivity contribution >= 4 is 16.8 Å². The first-order valence-electron chi connectivity index (χ1n) is 6.29. The highest BCUT2D eigenvalue weighted by molar-refractivity contribution is 5.98. The van der Waals surface area contributed by atoms with Gasteiger partial charge in [0.05, 0.1) is 0 Å². The molecule has 0 saturated carbocycles. The lowest BCUT2D eigenvalue weighted by molar-refractivity contribution is 0.0938. The van der Waals surface area contributed by atoms with Crippen LogP contribution >= 0.6 is 0 Å². The van der Waals surface area contributed by atoms with Crippen molar-refractivity contribution in [1.29, 1.82) is 0 Å². The van der Waals surface area contributed by atoms with Crippen molar-refractivity contribution in [3.8, 4) is 0 Å². The predicted octanol–water partition coefficient (Wildman–Crippen LogP) is 1.60. The van der Waals surface area contributed by atoms with Crippen LogP contribution in [-0.4, -0.2) is 42.0 Å². The smallest absolute Gasteiger partial charge is 0.251 e. The van der Waals surface area contributed by atoms with Crippen LogP contribution in [-0.2, 0) is 0 Å². The van der Waals surface area contributed by atoms with Gasteiger partial charge in [-0.25, -0.2) is 0 Å². The molecule has 1 fully saturated rings. The van der Waals surface area contributed by atoms with E-state index in [1.165, 1.54) is 0 Å². The molecule has 4 heteroatoms. The number of aromatic nitrogens is 1. The Labute approximate surface area is 106 Å². The molecule has 0 radical (unpaired) electrons. The zero-order valence-corrected chi connectivity index (χ0v) is 10.4. The van der Waals surface area contributed by atoms with Gasteiger partial charge in [-0.15, -0.1) is 0 Å². The van der Waals surface area contributed by atoms with Gasteiger partial charge < -0.3 is 15.2 Å². The third-order valence-corrected chi connectivity index (χ3v) is 3.54. The average Bonchev–Trinajstić information content (AvgIpc) is 2.96. The number of likely N-dealkylation sites (N-methyl/N-ethyl adjacent to an activating group) is 1. The van der Waals surface area contributed by atoms with Crippen molar-refractivity contribution in [2.45, 2.75) is 12.5 Å². The summed E-state index contributed by atoms with van der Waals surface area (Å²) in [5, 5.41) is 4.17. The molecular formula is C14H17N3O. The molecule has 94 valence electrons. The minimum absolute atomic E-state index is 0.0263. The van der Waals surface area contributed by atoms with Gasteiger partial charge in [-0.05, 0) is 44.3 Å². The van der Waals surface area contributed by atoms with Crippen LogP contribution in [0.15, 0.2) is 30.5 Å². The number of rotatable bonds is 2. The van der Waals surface area contributed by atoms with E-state index in [2.05, 4.69) is 22.2 Å². The van der Waals surface area contributed by atoms with Crippen LogP contribution in [0.2, 0.25) is 0 Å². The summed E-state index contributed by atoms with van der Waals surface area (Å²) in [5.74, 6) is 0.0263. The second-order valence-electron chi connectivity index (χ2n) is 5.00. The maximum atomic E-state index is 12.1. The fourth-order valence-corrected chi connectivity index (χ4v) is 2.52. The Kier molecular flexibility index (Phi) is 2.80. The molecular weight excluding hydrogens is 226 g/mol. The Hall–Kier alpha value is -1.81. The molecule has 4 nitrogen and oxygen atoms in total. The van der Waals surface area contributed by atoms with E-state index in [0.717, 1.165) is 36.0 Å². The first kappa shape index (κ1) is 11.3. The zero-order chi connectivity index (χ0) is 12.5. The number of hydrogen-bond donors (Lipinski definition) is 2. The molecule has 1 atom stereocenters. The fourth-order valence-electron chi connectivity index (χ4n) is 2.52. The molecule has 1 aromatic carbocycles. The minimum atomic E-state index is 0.0263. The van der Waals surface area contributed by atoms with E-state index < -0.39 is 0 Å². The highest BCUT2D eigenvalue weighted by Crippen LogP contribution is 2.15. The van der Waals surface area contributed by atoms with Gasteiger partial charge in [0.15, 0.2) is 0 Å². The molecule has 1 aliphatic rings. The molecule has 1 amide bonds. The number of likely N-dealkylation sites (tertiary alicyclic amines) is 1. The van der Waals surface area contributed by atoms with Crippen molar-refractivity contribution in [3.05, 3.63) is 36.0 Å². The third kappa shape index (κ3) is 2.11. The molecule has 0 bridgehead atoms. The SMILES string of the molecule is CN1CCC(NC(=O)c2ccc3[nH]ccc3c2)C1. The van der Waals surface area contributed by atoms with Crippen LogP contribution in [0.25, 0.3) is 10.9 Å². The molecule has 1 unspecified atom stereocenters. The van der Waals surface area contributed by atoms with Crippen LogP contribution in [0.3, 0.4) is 0 Å². The number of carbonyl (C=O) groups excluding carboxylic acids is 1. The standard InChI is InChI=1S/C14H17N3O/c1-17-7-5-12(9-17)16-14(18)11-2-3-13-10(8-11)4-6-15-13/h2-4,6,8,12,15H,5,7,9H2,1H3,(H,16,18). The molecule has 2 aromatic rings. The Bertz CT molecular complexity index is 575. The maximum Gasteiger partial charge on any atom is 0.251 e. The Morgan fingerprint density at radius 3 is 3.11 bits per heavy atom. The first-order valence-corrected chi connectivity index (χ1v) is 6.29. The van der Waals surface area contributed by atoms with Crippen molar-refractivity contribution in [1.82, 2.24) is 15.2 Å². The van der Waals surface area contributed by atoms with E-state index in [-0.39, 0.29) is 11.9 Å². The number of nitrogens with zero attached hydrogens (tertiary/aromatic N) is 1. The summed E-state index contributed by atoms with van der Waals surface area (Å²) in [6.07, 6.45) is 2.92. The molecule has 0 spiro atoms. The maximum absolute atomic E-state index is 12.1. The highest BCUT2D eigenvalue weighted by Gasteiger charge is 2.21. The summed E-state index contributed by atoms with van der Waals surface area (Å²) < 4.78 is 0. The van der Waals surface area contributed by atoms with Crippen molar-refractivity contribution in [2.75, 3.05) is 20.1 Å². The molecule has 1 aromatic heterocycles. The number of hydrogen-bond acceptors (Lipinski definition) is 2. The number of benzene rings is 1. The lowest BCUT2D eigenvalue weighted by Crippen LogP contribution is -2.36. The van der Waals surface area contributed by atoms with Crippen LogP contribution in [0, 0.1) is 0 Å². The monoisotopic (exact) mass is 243 g/mol. The summed E-state index contributed by atoms with van der Waals surface area (Å²) in [4.78, 5) is 17.5. The Morgan fingerprint density at radius 2 is 2.33 bits per heavy atom. The summed E-state index contributed by atoms with van der Waals surface area (Å²) >= 11 is 0. The molecule has 2 heterocycles. The molecule has 18 heavy (non-hydrogen) atoms. The van der Waals surface area contributed by atoms with E-state index in [1.54, 1.807) is 0 Å². The first-order chi connectivity index (χ1) is 8.72. The molecule has 1 aliphatic heterocycles. The third-order valence-electron chi connectivity index (χ3n) is 3.54.